The number of carbonyl (C=O) groups is 2. The number of halogens is 1. The lowest BCUT2D eigenvalue weighted by molar-refractivity contribution is 0.0831. The maximum Gasteiger partial charge on any atom is 0.305 e. The van der Waals surface area contributed by atoms with Gasteiger partial charge in [-0.15, -0.1) is 0 Å². The molecule has 22 heavy (non-hydrogen) atoms. The molecule has 7 heteroatoms. The van der Waals surface area contributed by atoms with Gasteiger partial charge in [0.15, 0.2) is 10.4 Å². The third-order valence-corrected chi connectivity index (χ3v) is 3.65. The molecule has 0 spiro atoms. The molecule has 0 atom stereocenters. The van der Waals surface area contributed by atoms with Gasteiger partial charge in [-0.1, -0.05) is 18.2 Å². The van der Waals surface area contributed by atoms with Gasteiger partial charge in [-0.2, -0.15) is 0 Å². The Morgan fingerprint density at radius 3 is 2.55 bits per heavy atom. The standard InChI is InChI=1S/C15H12BrN3O3/c1-19-8-10(9-4-2-3-5-11(9)19)14(20)17-18-15(21)12-6-7-13(16)22-12/h2-8H,1H3,(H,17,20)(H,18,21). The lowest BCUT2D eigenvalue weighted by Gasteiger charge is -2.04. The van der Waals surface area contributed by atoms with Crippen LogP contribution in [0.15, 0.2) is 51.7 Å². The number of furan rings is 1. The predicted molar refractivity (Wildman–Crippen MR) is 84.3 cm³/mol. The number of hydrogen-bond acceptors (Lipinski definition) is 3. The van der Waals surface area contributed by atoms with E-state index in [4.69, 9.17) is 4.42 Å². The number of aromatic nitrogens is 1. The maximum absolute atomic E-state index is 12.2. The van der Waals surface area contributed by atoms with Crippen LogP contribution in [0.25, 0.3) is 10.9 Å². The highest BCUT2D eigenvalue weighted by Crippen LogP contribution is 2.20. The van der Waals surface area contributed by atoms with Crippen molar-refractivity contribution in [1.29, 1.82) is 0 Å². The van der Waals surface area contributed by atoms with Crippen LogP contribution in [0.4, 0.5) is 0 Å². The second-order valence-electron chi connectivity index (χ2n) is 4.68. The number of rotatable bonds is 2. The van der Waals surface area contributed by atoms with E-state index >= 15 is 0 Å². The molecule has 0 saturated heterocycles. The molecule has 1 aromatic carbocycles. The topological polar surface area (TPSA) is 76.3 Å². The Kier molecular flexibility index (Phi) is 3.72. The fourth-order valence-corrected chi connectivity index (χ4v) is 2.51. The lowest BCUT2D eigenvalue weighted by atomic mass is 10.2. The van der Waals surface area contributed by atoms with Crippen LogP contribution in [-0.4, -0.2) is 16.4 Å². The third-order valence-electron chi connectivity index (χ3n) is 3.23. The van der Waals surface area contributed by atoms with Crippen molar-refractivity contribution in [2.24, 2.45) is 7.05 Å². The van der Waals surface area contributed by atoms with E-state index in [1.54, 1.807) is 12.3 Å². The summed E-state index contributed by atoms with van der Waals surface area (Å²) in [5, 5.41) is 0.817. The van der Waals surface area contributed by atoms with Crippen LogP contribution in [0, 0.1) is 0 Å². The fraction of sp³-hybridized carbons (Fsp3) is 0.0667. The highest BCUT2D eigenvalue weighted by Gasteiger charge is 2.15. The van der Waals surface area contributed by atoms with Crippen LogP contribution in [0.5, 0.6) is 0 Å². The van der Waals surface area contributed by atoms with E-state index in [0.717, 1.165) is 10.9 Å². The number of carbonyl (C=O) groups excluding carboxylic acids is 2. The molecule has 0 radical (unpaired) electrons. The van der Waals surface area contributed by atoms with Crippen molar-refractivity contribution in [2.45, 2.75) is 0 Å². The van der Waals surface area contributed by atoms with Gasteiger partial charge in [0.25, 0.3) is 5.91 Å². The van der Waals surface area contributed by atoms with E-state index in [-0.39, 0.29) is 5.76 Å². The molecule has 0 saturated carbocycles. The SMILES string of the molecule is Cn1cc(C(=O)NNC(=O)c2ccc(Br)o2)c2ccccc21. The predicted octanol–water partition coefficient (Wildman–Crippen LogP) is 2.61. The van der Waals surface area contributed by atoms with E-state index in [1.165, 1.54) is 6.07 Å². The number of para-hydroxylation sites is 1. The molecule has 6 nitrogen and oxygen atoms in total. The summed E-state index contributed by atoms with van der Waals surface area (Å²) < 4.78 is 7.41. The molecular formula is C15H12BrN3O3. The van der Waals surface area contributed by atoms with Crippen LogP contribution in [0.2, 0.25) is 0 Å². The number of amides is 2. The molecule has 0 aliphatic carbocycles. The number of hydrogen-bond donors (Lipinski definition) is 2. The summed E-state index contributed by atoms with van der Waals surface area (Å²) in [6.07, 6.45) is 1.72. The Labute approximate surface area is 134 Å². The zero-order valence-electron chi connectivity index (χ0n) is 11.6. The molecule has 3 rings (SSSR count). The molecule has 0 aliphatic heterocycles. The molecule has 2 heterocycles. The first-order valence-corrected chi connectivity index (χ1v) is 7.25. The summed E-state index contributed by atoms with van der Waals surface area (Å²) in [5.74, 6) is -0.819. The number of benzene rings is 1. The molecule has 112 valence electrons. The van der Waals surface area contributed by atoms with Crippen LogP contribution in [-0.2, 0) is 7.05 Å². The summed E-state index contributed by atoms with van der Waals surface area (Å²) in [4.78, 5) is 24.1. The second-order valence-corrected chi connectivity index (χ2v) is 5.46. The molecule has 0 bridgehead atoms. The maximum atomic E-state index is 12.2. The van der Waals surface area contributed by atoms with E-state index in [0.29, 0.717) is 10.2 Å². The van der Waals surface area contributed by atoms with Gasteiger partial charge in [-0.25, -0.2) is 0 Å². The molecule has 3 aromatic rings. The average Bonchev–Trinajstić information content (AvgIpc) is 3.09. The Morgan fingerprint density at radius 1 is 1.09 bits per heavy atom. The van der Waals surface area contributed by atoms with Crippen molar-refractivity contribution in [3.8, 4) is 0 Å². The van der Waals surface area contributed by atoms with Gasteiger partial charge in [0.05, 0.1) is 5.56 Å². The quantitative estimate of drug-likeness (QED) is 0.688. The summed E-state index contributed by atoms with van der Waals surface area (Å²) in [6, 6.07) is 10.6. The number of fused-ring (bicyclic) bond motifs is 1. The van der Waals surface area contributed by atoms with Gasteiger partial charge in [0, 0.05) is 24.1 Å². The van der Waals surface area contributed by atoms with Crippen molar-refractivity contribution < 1.29 is 14.0 Å². The van der Waals surface area contributed by atoms with Crippen molar-refractivity contribution in [3.05, 3.63) is 58.6 Å². The van der Waals surface area contributed by atoms with Gasteiger partial charge in [-0.3, -0.25) is 20.4 Å². The van der Waals surface area contributed by atoms with Crippen molar-refractivity contribution in [3.63, 3.8) is 0 Å². The Bertz CT molecular complexity index is 866. The van der Waals surface area contributed by atoms with Crippen molar-refractivity contribution >= 4 is 38.6 Å². The Balaban J connectivity index is 1.75. The van der Waals surface area contributed by atoms with Crippen molar-refractivity contribution in [2.75, 3.05) is 0 Å². The van der Waals surface area contributed by atoms with Crippen LogP contribution >= 0.6 is 15.9 Å². The molecule has 0 aliphatic rings. The summed E-state index contributed by atoms with van der Waals surface area (Å²) in [5.41, 5.74) is 6.13. The molecule has 2 aromatic heterocycles. The minimum atomic E-state index is -0.528. The van der Waals surface area contributed by atoms with Gasteiger partial charge in [-0.05, 0) is 34.1 Å². The van der Waals surface area contributed by atoms with Crippen molar-refractivity contribution in [1.82, 2.24) is 15.4 Å². The van der Waals surface area contributed by atoms with Gasteiger partial charge in [0.1, 0.15) is 0 Å². The number of nitrogens with one attached hydrogen (secondary N) is 2. The first-order valence-electron chi connectivity index (χ1n) is 6.46. The number of hydrazine groups is 1. The monoisotopic (exact) mass is 361 g/mol. The number of aryl methyl sites for hydroxylation is 1. The van der Waals surface area contributed by atoms with Gasteiger partial charge >= 0.3 is 5.91 Å². The normalized spacial score (nSPS) is 10.6. The molecule has 2 amide bonds. The van der Waals surface area contributed by atoms with Crippen LogP contribution in [0.1, 0.15) is 20.9 Å². The van der Waals surface area contributed by atoms with E-state index < -0.39 is 11.8 Å². The highest BCUT2D eigenvalue weighted by molar-refractivity contribution is 9.10. The fourth-order valence-electron chi connectivity index (χ4n) is 2.20. The second kappa shape index (κ2) is 5.69. The van der Waals surface area contributed by atoms with E-state index in [2.05, 4.69) is 26.8 Å². The lowest BCUT2D eigenvalue weighted by Crippen LogP contribution is -2.41. The Hall–Kier alpha value is -2.54. The minimum absolute atomic E-state index is 0.102. The molecule has 2 N–H and O–H groups in total. The molecule has 0 fully saturated rings. The van der Waals surface area contributed by atoms with E-state index in [9.17, 15) is 9.59 Å². The summed E-state index contributed by atoms with van der Waals surface area (Å²) in [6.45, 7) is 0. The average molecular weight is 362 g/mol. The largest absolute Gasteiger partial charge is 0.444 e. The highest BCUT2D eigenvalue weighted by atomic mass is 79.9. The first-order chi connectivity index (χ1) is 10.6. The van der Waals surface area contributed by atoms with Gasteiger partial charge in [0.2, 0.25) is 0 Å². The summed E-state index contributed by atoms with van der Waals surface area (Å²) >= 11 is 3.11. The third kappa shape index (κ3) is 2.62. The summed E-state index contributed by atoms with van der Waals surface area (Å²) in [7, 11) is 1.86. The first kappa shape index (κ1) is 14.4. The molecule has 0 unspecified atom stereocenters. The Morgan fingerprint density at radius 2 is 1.82 bits per heavy atom. The number of nitrogens with zero attached hydrogens (tertiary/aromatic N) is 1. The van der Waals surface area contributed by atoms with Crippen LogP contribution in [0.3, 0.4) is 0 Å². The van der Waals surface area contributed by atoms with Gasteiger partial charge < -0.3 is 8.98 Å². The van der Waals surface area contributed by atoms with E-state index in [1.807, 2.05) is 35.9 Å². The smallest absolute Gasteiger partial charge is 0.305 e. The minimum Gasteiger partial charge on any atom is -0.444 e. The van der Waals surface area contributed by atoms with Crippen LogP contribution < -0.4 is 10.9 Å². The zero-order chi connectivity index (χ0) is 15.7. The molecular weight excluding hydrogens is 350 g/mol. The zero-order valence-corrected chi connectivity index (χ0v) is 13.2.